The summed E-state index contributed by atoms with van der Waals surface area (Å²) in [6.45, 7) is 4.45. The monoisotopic (exact) mass is 391 g/mol. The van der Waals surface area contributed by atoms with Gasteiger partial charge in [-0.3, -0.25) is 9.59 Å². The number of hydrogen-bond acceptors (Lipinski definition) is 4. The number of carbonyl (C=O) groups is 2. The fraction of sp³-hybridized carbons (Fsp3) is 0.300. The molecule has 2 amide bonds. The topological polar surface area (TPSA) is 79.5 Å². The summed E-state index contributed by atoms with van der Waals surface area (Å²) in [7, 11) is 1.65. The highest BCUT2D eigenvalue weighted by Gasteiger charge is 2.11. The van der Waals surface area contributed by atoms with E-state index in [9.17, 15) is 9.59 Å². The number of methoxy groups -OCH3 is 1. The lowest BCUT2D eigenvalue weighted by Gasteiger charge is -2.11. The van der Waals surface area contributed by atoms with Gasteiger partial charge in [-0.15, -0.1) is 12.4 Å². The van der Waals surface area contributed by atoms with E-state index in [-0.39, 0.29) is 24.2 Å². The second-order valence-corrected chi connectivity index (χ2v) is 5.85. The molecule has 3 N–H and O–H groups in total. The first-order valence-corrected chi connectivity index (χ1v) is 8.56. The number of ether oxygens (including phenoxy) is 1. The van der Waals surface area contributed by atoms with Gasteiger partial charge in [-0.2, -0.15) is 0 Å². The minimum Gasteiger partial charge on any atom is -0.383 e. The largest absolute Gasteiger partial charge is 0.383 e. The fourth-order valence-corrected chi connectivity index (χ4v) is 2.35. The van der Waals surface area contributed by atoms with Crippen LogP contribution in [0.15, 0.2) is 48.5 Å². The SMILES string of the molecule is COCCNCCNC(=O)c1ccc(C)c(NC(=O)c2ccccc2)c1.Cl. The van der Waals surface area contributed by atoms with Crippen LogP contribution >= 0.6 is 12.4 Å². The summed E-state index contributed by atoms with van der Waals surface area (Å²) in [5, 5.41) is 8.88. The molecule has 0 spiro atoms. The third kappa shape index (κ3) is 7.38. The predicted molar refractivity (Wildman–Crippen MR) is 110 cm³/mol. The molecule has 146 valence electrons. The standard InChI is InChI=1S/C20H25N3O3.ClH/c1-15-8-9-17(19(24)22-11-10-21-12-13-26-2)14-18(15)23-20(25)16-6-4-3-5-7-16;/h3-9,14,21H,10-13H2,1-2H3,(H,22,24)(H,23,25);1H. The zero-order chi connectivity index (χ0) is 18.8. The first kappa shape index (κ1) is 22.6. The van der Waals surface area contributed by atoms with Crippen molar-refractivity contribution in [3.05, 3.63) is 65.2 Å². The van der Waals surface area contributed by atoms with Gasteiger partial charge in [0.15, 0.2) is 0 Å². The number of hydrogen-bond donors (Lipinski definition) is 3. The van der Waals surface area contributed by atoms with Crippen molar-refractivity contribution in [1.82, 2.24) is 10.6 Å². The van der Waals surface area contributed by atoms with Crippen LogP contribution in [0, 0.1) is 6.92 Å². The van der Waals surface area contributed by atoms with Crippen molar-refractivity contribution in [2.75, 3.05) is 38.7 Å². The normalized spacial score (nSPS) is 10.0. The van der Waals surface area contributed by atoms with E-state index in [4.69, 9.17) is 4.74 Å². The Bertz CT molecular complexity index is 739. The second-order valence-electron chi connectivity index (χ2n) is 5.85. The molecule has 0 aromatic heterocycles. The molecule has 0 saturated carbocycles. The average Bonchev–Trinajstić information content (AvgIpc) is 2.66. The van der Waals surface area contributed by atoms with Crippen molar-refractivity contribution in [3.8, 4) is 0 Å². The van der Waals surface area contributed by atoms with Crippen LogP contribution < -0.4 is 16.0 Å². The van der Waals surface area contributed by atoms with Crippen LogP contribution in [-0.2, 0) is 4.74 Å². The highest BCUT2D eigenvalue weighted by atomic mass is 35.5. The van der Waals surface area contributed by atoms with E-state index in [1.54, 1.807) is 31.4 Å². The molecule has 6 nitrogen and oxygen atoms in total. The summed E-state index contributed by atoms with van der Waals surface area (Å²) in [5.74, 6) is -0.373. The van der Waals surface area contributed by atoms with E-state index in [1.165, 1.54) is 0 Å². The quantitative estimate of drug-likeness (QED) is 0.574. The first-order valence-electron chi connectivity index (χ1n) is 8.56. The lowest BCUT2D eigenvalue weighted by molar-refractivity contribution is 0.0952. The molecule has 7 heteroatoms. The number of nitrogens with one attached hydrogen (secondary N) is 3. The molecular weight excluding hydrogens is 366 g/mol. The molecule has 0 atom stereocenters. The summed E-state index contributed by atoms with van der Waals surface area (Å²) in [4.78, 5) is 24.6. The molecule has 0 aliphatic rings. The number of carbonyl (C=O) groups excluding carboxylic acids is 2. The Balaban J connectivity index is 0.00000364. The highest BCUT2D eigenvalue weighted by Crippen LogP contribution is 2.18. The van der Waals surface area contributed by atoms with Crippen molar-refractivity contribution < 1.29 is 14.3 Å². The van der Waals surface area contributed by atoms with Crippen LogP contribution in [0.5, 0.6) is 0 Å². The number of aryl methyl sites for hydroxylation is 1. The van der Waals surface area contributed by atoms with Crippen molar-refractivity contribution >= 4 is 29.9 Å². The van der Waals surface area contributed by atoms with Crippen molar-refractivity contribution in [2.45, 2.75) is 6.92 Å². The van der Waals surface area contributed by atoms with Crippen molar-refractivity contribution in [3.63, 3.8) is 0 Å². The maximum atomic E-state index is 12.3. The third-order valence-corrected chi connectivity index (χ3v) is 3.85. The molecule has 0 heterocycles. The molecule has 0 unspecified atom stereocenters. The molecule has 0 saturated heterocycles. The molecular formula is C20H26ClN3O3. The molecule has 0 aliphatic carbocycles. The van der Waals surface area contributed by atoms with Gasteiger partial charge in [0.2, 0.25) is 0 Å². The number of rotatable bonds is 9. The Hall–Kier alpha value is -2.41. The number of amides is 2. The summed E-state index contributed by atoms with van der Waals surface area (Å²) < 4.78 is 4.94. The van der Waals surface area contributed by atoms with Crippen LogP contribution in [0.4, 0.5) is 5.69 Å². The van der Waals surface area contributed by atoms with Gasteiger partial charge < -0.3 is 20.7 Å². The maximum Gasteiger partial charge on any atom is 0.255 e. The van der Waals surface area contributed by atoms with E-state index in [0.717, 1.165) is 12.1 Å². The smallest absolute Gasteiger partial charge is 0.255 e. The molecule has 2 rings (SSSR count). The van der Waals surface area contributed by atoms with Gasteiger partial charge >= 0.3 is 0 Å². The lowest BCUT2D eigenvalue weighted by Crippen LogP contribution is -2.33. The zero-order valence-electron chi connectivity index (χ0n) is 15.6. The fourth-order valence-electron chi connectivity index (χ4n) is 2.35. The predicted octanol–water partition coefficient (Wildman–Crippen LogP) is 2.63. The number of benzene rings is 2. The Morgan fingerprint density at radius 2 is 1.67 bits per heavy atom. The molecule has 0 radical (unpaired) electrons. The van der Waals surface area contributed by atoms with Crippen molar-refractivity contribution in [2.24, 2.45) is 0 Å². The van der Waals surface area contributed by atoms with Gasteiger partial charge in [-0.1, -0.05) is 24.3 Å². The molecule has 2 aromatic rings. The minimum atomic E-state index is -0.200. The number of anilines is 1. The summed E-state index contributed by atoms with van der Waals surface area (Å²) in [5.41, 5.74) is 2.61. The van der Waals surface area contributed by atoms with Crippen LogP contribution in [0.3, 0.4) is 0 Å². The Morgan fingerprint density at radius 1 is 0.926 bits per heavy atom. The van der Waals surface area contributed by atoms with E-state index in [0.29, 0.717) is 36.5 Å². The van der Waals surface area contributed by atoms with Gasteiger partial charge in [0.25, 0.3) is 11.8 Å². The Morgan fingerprint density at radius 3 is 2.37 bits per heavy atom. The molecule has 0 aliphatic heterocycles. The summed E-state index contributed by atoms with van der Waals surface area (Å²) >= 11 is 0. The van der Waals surface area contributed by atoms with E-state index in [1.807, 2.05) is 31.2 Å². The Kier molecular flexibility index (Phi) is 10.1. The summed E-state index contributed by atoms with van der Waals surface area (Å²) in [6, 6.07) is 14.3. The minimum absolute atomic E-state index is 0. The van der Waals surface area contributed by atoms with Crippen LogP contribution in [0.1, 0.15) is 26.3 Å². The Labute approximate surface area is 166 Å². The van der Waals surface area contributed by atoms with Gasteiger partial charge in [-0.25, -0.2) is 0 Å². The number of halogens is 1. The third-order valence-electron chi connectivity index (χ3n) is 3.85. The first-order chi connectivity index (χ1) is 12.6. The van der Waals surface area contributed by atoms with Crippen LogP contribution in [0.2, 0.25) is 0 Å². The van der Waals surface area contributed by atoms with Gasteiger partial charge in [-0.05, 0) is 36.8 Å². The van der Waals surface area contributed by atoms with E-state index < -0.39 is 0 Å². The van der Waals surface area contributed by atoms with Gasteiger partial charge in [0.05, 0.1) is 6.61 Å². The maximum absolute atomic E-state index is 12.3. The van der Waals surface area contributed by atoms with Crippen LogP contribution in [0.25, 0.3) is 0 Å². The summed E-state index contributed by atoms with van der Waals surface area (Å²) in [6.07, 6.45) is 0. The molecule has 27 heavy (non-hydrogen) atoms. The second kappa shape index (κ2) is 12.1. The van der Waals surface area contributed by atoms with Gasteiger partial charge in [0.1, 0.15) is 0 Å². The zero-order valence-corrected chi connectivity index (χ0v) is 16.4. The van der Waals surface area contributed by atoms with E-state index >= 15 is 0 Å². The van der Waals surface area contributed by atoms with Crippen LogP contribution in [-0.4, -0.2) is 45.2 Å². The lowest BCUT2D eigenvalue weighted by atomic mass is 10.1. The molecule has 0 bridgehead atoms. The van der Waals surface area contributed by atoms with Crippen molar-refractivity contribution in [1.29, 1.82) is 0 Å². The average molecular weight is 392 g/mol. The van der Waals surface area contributed by atoms with E-state index in [2.05, 4.69) is 16.0 Å². The molecule has 0 fully saturated rings. The highest BCUT2D eigenvalue weighted by molar-refractivity contribution is 6.05. The van der Waals surface area contributed by atoms with Gasteiger partial charge in [0, 0.05) is 43.6 Å². The molecule has 2 aromatic carbocycles.